The molecular weight excluding hydrogens is 316 g/mol. The molecule has 1 heterocycles. The van der Waals surface area contributed by atoms with Crippen LogP contribution in [-0.2, 0) is 11.8 Å². The Kier molecular flexibility index (Phi) is 4.96. The van der Waals surface area contributed by atoms with Gasteiger partial charge in [0.25, 0.3) is 0 Å². The number of thioether (sulfide) groups is 1. The lowest BCUT2D eigenvalue weighted by Gasteiger charge is -2.16. The van der Waals surface area contributed by atoms with Gasteiger partial charge in [-0.15, -0.1) is 11.8 Å². The molecule has 0 aliphatic carbocycles. The first-order valence-electron chi connectivity index (χ1n) is 6.42. The van der Waals surface area contributed by atoms with Gasteiger partial charge in [-0.1, -0.05) is 18.2 Å². The number of rotatable bonds is 2. The summed E-state index contributed by atoms with van der Waals surface area (Å²) in [6.07, 6.45) is 1.86. The van der Waals surface area contributed by atoms with Crippen molar-refractivity contribution in [1.29, 1.82) is 5.26 Å². The van der Waals surface area contributed by atoms with Crippen molar-refractivity contribution in [2.45, 2.75) is 11.9 Å². The second kappa shape index (κ2) is 6.73. The average Bonchev–Trinajstić information content (AvgIpc) is 2.52. The molecule has 7 heteroatoms. The lowest BCUT2D eigenvalue weighted by molar-refractivity contribution is -0.116. The molecule has 0 saturated heterocycles. The summed E-state index contributed by atoms with van der Waals surface area (Å²) in [6, 6.07) is 11.7. The van der Waals surface area contributed by atoms with Crippen LogP contribution in [0.25, 0.3) is 5.69 Å². The van der Waals surface area contributed by atoms with Gasteiger partial charge in [0.2, 0.25) is 5.91 Å². The quantitative estimate of drug-likeness (QED) is 0.482. The van der Waals surface area contributed by atoms with Crippen molar-refractivity contribution in [3.05, 3.63) is 46.2 Å². The Balaban J connectivity index is 3.02. The van der Waals surface area contributed by atoms with E-state index in [-0.39, 0.29) is 11.4 Å². The standard InChI is InChI=1S/C15H14N4OS2/c1-10(20)17-13-12(9-16)14(22-3)19(15(21)18(13)2)11-7-5-4-6-8-11/h4-8H,1-3H3/b17-13-. The van der Waals surface area contributed by atoms with Crippen molar-refractivity contribution in [2.75, 3.05) is 6.26 Å². The SMILES string of the molecule is CSc1c(C#N)/c(=N/C(C)=O)n(C)c(=S)n1-c1ccccc1. The second-order valence-corrected chi connectivity index (χ2v) is 5.62. The number of hydrogen-bond donors (Lipinski definition) is 0. The first-order chi connectivity index (χ1) is 10.5. The summed E-state index contributed by atoms with van der Waals surface area (Å²) in [7, 11) is 1.70. The van der Waals surface area contributed by atoms with Gasteiger partial charge < -0.3 is 4.57 Å². The Labute approximate surface area is 137 Å². The summed E-state index contributed by atoms with van der Waals surface area (Å²) in [6.45, 7) is 1.35. The predicted octanol–water partition coefficient (Wildman–Crippen LogP) is 2.59. The van der Waals surface area contributed by atoms with E-state index in [0.29, 0.717) is 15.4 Å². The van der Waals surface area contributed by atoms with Crippen LogP contribution in [-0.4, -0.2) is 21.3 Å². The van der Waals surface area contributed by atoms with Crippen molar-refractivity contribution < 1.29 is 4.79 Å². The molecule has 22 heavy (non-hydrogen) atoms. The van der Waals surface area contributed by atoms with Gasteiger partial charge >= 0.3 is 0 Å². The number of amides is 1. The zero-order valence-electron chi connectivity index (χ0n) is 12.4. The molecule has 2 aromatic rings. The van der Waals surface area contributed by atoms with E-state index in [1.54, 1.807) is 11.6 Å². The number of nitrogens with zero attached hydrogens (tertiary/aromatic N) is 4. The van der Waals surface area contributed by atoms with Crippen molar-refractivity contribution in [2.24, 2.45) is 12.0 Å². The number of carbonyl (C=O) groups excluding carboxylic acids is 1. The predicted molar refractivity (Wildman–Crippen MR) is 88.3 cm³/mol. The molecule has 0 atom stereocenters. The van der Waals surface area contributed by atoms with Gasteiger partial charge in [0.05, 0.1) is 0 Å². The Morgan fingerprint density at radius 3 is 2.50 bits per heavy atom. The molecule has 1 amide bonds. The van der Waals surface area contributed by atoms with E-state index in [0.717, 1.165) is 5.69 Å². The highest BCUT2D eigenvalue weighted by Crippen LogP contribution is 2.22. The topological polar surface area (TPSA) is 63.1 Å². The maximum absolute atomic E-state index is 11.4. The third kappa shape index (κ3) is 2.89. The first kappa shape index (κ1) is 16.2. The van der Waals surface area contributed by atoms with Crippen LogP contribution in [0.2, 0.25) is 0 Å². The maximum atomic E-state index is 11.4. The Morgan fingerprint density at radius 2 is 2.00 bits per heavy atom. The maximum Gasteiger partial charge on any atom is 0.244 e. The number of nitriles is 1. The van der Waals surface area contributed by atoms with Crippen molar-refractivity contribution in [3.8, 4) is 11.8 Å². The zero-order valence-corrected chi connectivity index (χ0v) is 14.0. The molecule has 0 aliphatic heterocycles. The molecular formula is C15H14N4OS2. The lowest BCUT2D eigenvalue weighted by atomic mass is 10.3. The van der Waals surface area contributed by atoms with Crippen LogP contribution < -0.4 is 5.49 Å². The highest BCUT2D eigenvalue weighted by atomic mass is 32.2. The van der Waals surface area contributed by atoms with Crippen LogP contribution in [0.3, 0.4) is 0 Å². The molecule has 0 N–H and O–H groups in total. The largest absolute Gasteiger partial charge is 0.305 e. The van der Waals surface area contributed by atoms with Crippen molar-refractivity contribution >= 4 is 29.9 Å². The smallest absolute Gasteiger partial charge is 0.244 e. The van der Waals surface area contributed by atoms with Crippen LogP contribution in [0, 0.1) is 16.1 Å². The third-order valence-electron chi connectivity index (χ3n) is 3.02. The molecule has 0 spiro atoms. The number of para-hydroxylation sites is 1. The number of benzene rings is 1. The number of hydrogen-bond acceptors (Lipinski definition) is 4. The molecule has 0 radical (unpaired) electrons. The van der Waals surface area contributed by atoms with Crippen molar-refractivity contribution in [3.63, 3.8) is 0 Å². The Morgan fingerprint density at radius 1 is 1.36 bits per heavy atom. The molecule has 1 aromatic carbocycles. The van der Waals surface area contributed by atoms with Crippen LogP contribution in [0.5, 0.6) is 0 Å². The summed E-state index contributed by atoms with van der Waals surface area (Å²) in [5, 5.41) is 10.2. The monoisotopic (exact) mass is 330 g/mol. The van der Waals surface area contributed by atoms with Gasteiger partial charge in [-0.25, -0.2) is 0 Å². The lowest BCUT2D eigenvalue weighted by Crippen LogP contribution is -2.28. The van der Waals surface area contributed by atoms with E-state index < -0.39 is 0 Å². The molecule has 5 nitrogen and oxygen atoms in total. The molecule has 0 saturated carbocycles. The highest BCUT2D eigenvalue weighted by molar-refractivity contribution is 7.98. The van der Waals surface area contributed by atoms with E-state index in [1.807, 2.05) is 41.2 Å². The minimum Gasteiger partial charge on any atom is -0.305 e. The fourth-order valence-corrected chi connectivity index (χ4v) is 3.14. The van der Waals surface area contributed by atoms with E-state index >= 15 is 0 Å². The second-order valence-electron chi connectivity index (χ2n) is 4.46. The van der Waals surface area contributed by atoms with Crippen LogP contribution in [0.1, 0.15) is 12.5 Å². The molecule has 0 aliphatic rings. The van der Waals surface area contributed by atoms with Gasteiger partial charge in [0.1, 0.15) is 16.7 Å². The van der Waals surface area contributed by atoms with E-state index in [9.17, 15) is 10.1 Å². The zero-order chi connectivity index (χ0) is 16.3. The van der Waals surface area contributed by atoms with Gasteiger partial charge in [-0.05, 0) is 30.6 Å². The first-order valence-corrected chi connectivity index (χ1v) is 8.05. The van der Waals surface area contributed by atoms with Crippen LogP contribution in [0.15, 0.2) is 40.4 Å². The van der Waals surface area contributed by atoms with Crippen LogP contribution >= 0.6 is 24.0 Å². The molecule has 0 bridgehead atoms. The Hall–Kier alpha value is -2.17. The van der Waals surface area contributed by atoms with Crippen molar-refractivity contribution in [1.82, 2.24) is 9.13 Å². The molecule has 0 fully saturated rings. The normalized spacial score (nSPS) is 11.3. The molecule has 112 valence electrons. The van der Waals surface area contributed by atoms with E-state index in [4.69, 9.17) is 12.2 Å². The number of carbonyl (C=O) groups is 1. The molecule has 1 aromatic heterocycles. The Bertz CT molecular complexity index is 889. The minimum atomic E-state index is -0.369. The molecule has 2 rings (SSSR count). The van der Waals surface area contributed by atoms with Crippen LogP contribution in [0.4, 0.5) is 0 Å². The van der Waals surface area contributed by atoms with Gasteiger partial charge in [0, 0.05) is 19.7 Å². The summed E-state index contributed by atoms with van der Waals surface area (Å²) < 4.78 is 3.87. The summed E-state index contributed by atoms with van der Waals surface area (Å²) >= 11 is 6.90. The third-order valence-corrected chi connectivity index (χ3v) is 4.25. The highest BCUT2D eigenvalue weighted by Gasteiger charge is 2.15. The average molecular weight is 330 g/mol. The van der Waals surface area contributed by atoms with Gasteiger partial charge in [-0.2, -0.15) is 10.3 Å². The fraction of sp³-hybridized carbons (Fsp3) is 0.200. The molecule has 0 unspecified atom stereocenters. The van der Waals surface area contributed by atoms with Gasteiger partial charge in [-0.3, -0.25) is 9.36 Å². The van der Waals surface area contributed by atoms with E-state index in [1.165, 1.54) is 18.7 Å². The summed E-state index contributed by atoms with van der Waals surface area (Å²) in [5.41, 5.74) is 1.48. The fourth-order valence-electron chi connectivity index (χ4n) is 2.08. The summed E-state index contributed by atoms with van der Waals surface area (Å²) in [5.74, 6) is -0.369. The van der Waals surface area contributed by atoms with E-state index in [2.05, 4.69) is 11.1 Å². The van der Waals surface area contributed by atoms with Gasteiger partial charge in [0.15, 0.2) is 10.3 Å². The summed E-state index contributed by atoms with van der Waals surface area (Å²) in [4.78, 5) is 15.3. The minimum absolute atomic E-state index is 0.288. The number of aromatic nitrogens is 2.